The second-order valence-corrected chi connectivity index (χ2v) is 3.58. The normalized spacial score (nSPS) is 11.6. The van der Waals surface area contributed by atoms with Gasteiger partial charge in [0, 0.05) is 5.56 Å². The zero-order valence-corrected chi connectivity index (χ0v) is 9.55. The predicted octanol–water partition coefficient (Wildman–Crippen LogP) is -0.412. The average Bonchev–Trinajstić information content (AvgIpc) is 2.37. The second-order valence-electron chi connectivity index (χ2n) is 3.58. The average molecular weight is 249 g/mol. The van der Waals surface area contributed by atoms with Crippen molar-refractivity contribution in [3.05, 3.63) is 35.9 Å². The molecule has 0 saturated carbocycles. The summed E-state index contributed by atoms with van der Waals surface area (Å²) in [5, 5.41) is 11.0. The number of benzene rings is 1. The molecule has 0 fully saturated rings. The van der Waals surface area contributed by atoms with Crippen molar-refractivity contribution in [3.8, 4) is 0 Å². The van der Waals surface area contributed by atoms with E-state index in [0.29, 0.717) is 5.56 Å². The standard InChI is InChI=1S/C12H13N2O4/c13-7-10(15)14-9(6-11(16)17)12(18)8-4-2-1-3-5-8/h2-5,9H,6-7,13H2,(H,14,15)(H,16,17)/t9-/m1/s1. The topological polar surface area (TPSA) is 109 Å². The monoisotopic (exact) mass is 249 g/mol. The molecule has 0 saturated heterocycles. The Morgan fingerprint density at radius 3 is 2.44 bits per heavy atom. The number of Topliss-reactive ketones (excluding diaryl/α,β-unsaturated/α-hetero) is 1. The van der Waals surface area contributed by atoms with Crippen molar-refractivity contribution in [2.45, 2.75) is 12.5 Å². The molecule has 0 bridgehead atoms. The maximum absolute atomic E-state index is 12.0. The van der Waals surface area contributed by atoms with Gasteiger partial charge in [-0.15, -0.1) is 0 Å². The van der Waals surface area contributed by atoms with Crippen LogP contribution in [0.3, 0.4) is 0 Å². The van der Waals surface area contributed by atoms with Crippen LogP contribution < -0.4 is 11.1 Å². The number of aliphatic carboxylic acids is 1. The third-order valence-electron chi connectivity index (χ3n) is 2.22. The van der Waals surface area contributed by atoms with Gasteiger partial charge in [0.15, 0.2) is 5.78 Å². The maximum Gasteiger partial charge on any atom is 0.305 e. The van der Waals surface area contributed by atoms with Crippen LogP contribution in [0.1, 0.15) is 16.8 Å². The molecule has 6 heteroatoms. The van der Waals surface area contributed by atoms with Gasteiger partial charge in [0.2, 0.25) is 5.91 Å². The number of carboxylic acids is 1. The minimum Gasteiger partial charge on any atom is -0.481 e. The summed E-state index contributed by atoms with van der Waals surface area (Å²) in [6, 6.07) is 7.72. The van der Waals surface area contributed by atoms with Crippen LogP contribution >= 0.6 is 0 Å². The molecule has 0 aliphatic carbocycles. The molecule has 0 heterocycles. The van der Waals surface area contributed by atoms with Gasteiger partial charge in [-0.1, -0.05) is 24.3 Å². The van der Waals surface area contributed by atoms with E-state index in [9.17, 15) is 14.4 Å². The van der Waals surface area contributed by atoms with Crippen molar-refractivity contribution < 1.29 is 19.5 Å². The molecule has 95 valence electrons. The Morgan fingerprint density at radius 1 is 1.33 bits per heavy atom. The molecular formula is C12H13N2O4. The minimum absolute atomic E-state index is 0.300. The first kappa shape index (κ1) is 13.9. The summed E-state index contributed by atoms with van der Waals surface area (Å²) in [5.41, 5.74) is 5.43. The van der Waals surface area contributed by atoms with Gasteiger partial charge in [-0.05, 0) is 6.07 Å². The molecule has 0 aromatic heterocycles. The van der Waals surface area contributed by atoms with Crippen LogP contribution in [0.5, 0.6) is 0 Å². The van der Waals surface area contributed by atoms with E-state index >= 15 is 0 Å². The summed E-state index contributed by atoms with van der Waals surface area (Å²) in [6.07, 6.45) is -0.483. The molecule has 6 nitrogen and oxygen atoms in total. The zero-order valence-electron chi connectivity index (χ0n) is 9.55. The Balaban J connectivity index is 2.85. The summed E-state index contributed by atoms with van der Waals surface area (Å²) in [6.45, 7) is -0.300. The Bertz CT molecular complexity index is 445. The lowest BCUT2D eigenvalue weighted by Crippen LogP contribution is -2.44. The Labute approximate surface area is 104 Å². The van der Waals surface area contributed by atoms with E-state index in [1.54, 1.807) is 0 Å². The predicted molar refractivity (Wildman–Crippen MR) is 62.8 cm³/mol. The van der Waals surface area contributed by atoms with E-state index in [2.05, 4.69) is 11.4 Å². The largest absolute Gasteiger partial charge is 0.481 e. The number of nitrogens with two attached hydrogens (primary N) is 1. The fraction of sp³-hybridized carbons (Fsp3) is 0.250. The van der Waals surface area contributed by atoms with E-state index in [-0.39, 0.29) is 6.54 Å². The van der Waals surface area contributed by atoms with Gasteiger partial charge in [-0.25, -0.2) is 0 Å². The number of carbonyl (C=O) groups is 3. The molecule has 4 N–H and O–H groups in total. The number of rotatable bonds is 6. The summed E-state index contributed by atoms with van der Waals surface area (Å²) in [7, 11) is 0. The summed E-state index contributed by atoms with van der Waals surface area (Å²) in [5.74, 6) is -2.21. The lowest BCUT2D eigenvalue weighted by molar-refractivity contribution is -0.137. The van der Waals surface area contributed by atoms with Crippen molar-refractivity contribution in [3.63, 3.8) is 0 Å². The molecule has 1 amide bonds. The number of hydrogen-bond acceptors (Lipinski definition) is 4. The maximum atomic E-state index is 12.0. The van der Waals surface area contributed by atoms with Gasteiger partial charge in [0.05, 0.1) is 13.0 Å². The molecule has 1 aromatic carbocycles. The molecule has 18 heavy (non-hydrogen) atoms. The highest BCUT2D eigenvalue weighted by atomic mass is 16.4. The molecule has 0 unspecified atom stereocenters. The smallest absolute Gasteiger partial charge is 0.305 e. The van der Waals surface area contributed by atoms with Crippen LogP contribution in [0, 0.1) is 6.07 Å². The van der Waals surface area contributed by atoms with E-state index in [1.807, 2.05) is 0 Å². The van der Waals surface area contributed by atoms with Crippen LogP contribution in [0.2, 0.25) is 0 Å². The van der Waals surface area contributed by atoms with Crippen LogP contribution in [0.15, 0.2) is 24.3 Å². The Morgan fingerprint density at radius 2 is 1.94 bits per heavy atom. The van der Waals surface area contributed by atoms with Crippen LogP contribution in [0.4, 0.5) is 0 Å². The van der Waals surface area contributed by atoms with Gasteiger partial charge in [0.25, 0.3) is 0 Å². The van der Waals surface area contributed by atoms with Crippen LogP contribution in [-0.2, 0) is 9.59 Å². The van der Waals surface area contributed by atoms with Crippen molar-refractivity contribution in [2.24, 2.45) is 5.73 Å². The lowest BCUT2D eigenvalue weighted by Gasteiger charge is -2.15. The summed E-state index contributed by atoms with van der Waals surface area (Å²) < 4.78 is 0. The Kier molecular flexibility index (Phi) is 5.01. The van der Waals surface area contributed by atoms with Gasteiger partial charge in [-0.2, -0.15) is 0 Å². The SMILES string of the molecule is NCC(=O)N[C@H](CC(=O)O)C(=O)c1cc[c]cc1. The van der Waals surface area contributed by atoms with Gasteiger partial charge >= 0.3 is 5.97 Å². The van der Waals surface area contributed by atoms with Gasteiger partial charge in [-0.3, -0.25) is 14.4 Å². The van der Waals surface area contributed by atoms with E-state index in [4.69, 9.17) is 10.8 Å². The molecule has 0 aliphatic heterocycles. The highest BCUT2D eigenvalue weighted by Crippen LogP contribution is 2.06. The van der Waals surface area contributed by atoms with Crippen molar-refractivity contribution in [1.29, 1.82) is 0 Å². The first-order chi connectivity index (χ1) is 8.54. The fourth-order valence-electron chi connectivity index (χ4n) is 1.39. The zero-order chi connectivity index (χ0) is 13.5. The molecule has 0 aliphatic rings. The van der Waals surface area contributed by atoms with Crippen molar-refractivity contribution in [1.82, 2.24) is 5.32 Å². The number of carboxylic acid groups (broad SMARTS) is 1. The lowest BCUT2D eigenvalue weighted by atomic mass is 10.0. The van der Waals surface area contributed by atoms with E-state index < -0.39 is 30.1 Å². The number of nitrogens with one attached hydrogen (secondary N) is 1. The number of amides is 1. The first-order valence-electron chi connectivity index (χ1n) is 5.26. The van der Waals surface area contributed by atoms with Crippen molar-refractivity contribution >= 4 is 17.7 Å². The molecule has 1 radical (unpaired) electrons. The summed E-state index contributed by atoms with van der Waals surface area (Å²) in [4.78, 5) is 33.8. The first-order valence-corrected chi connectivity index (χ1v) is 5.26. The third kappa shape index (κ3) is 3.99. The molecule has 1 atom stereocenters. The Hall–Kier alpha value is -2.21. The molecule has 1 rings (SSSR count). The molecule has 0 spiro atoms. The number of ketones is 1. The van der Waals surface area contributed by atoms with E-state index in [1.165, 1.54) is 24.3 Å². The second kappa shape index (κ2) is 6.51. The fourth-order valence-corrected chi connectivity index (χ4v) is 1.39. The number of hydrogen-bond donors (Lipinski definition) is 3. The van der Waals surface area contributed by atoms with Gasteiger partial charge in [0.1, 0.15) is 6.04 Å². The van der Waals surface area contributed by atoms with Gasteiger partial charge < -0.3 is 16.2 Å². The quantitative estimate of drug-likeness (QED) is 0.593. The minimum atomic E-state index is -1.17. The van der Waals surface area contributed by atoms with Crippen molar-refractivity contribution in [2.75, 3.05) is 6.54 Å². The summed E-state index contributed by atoms with van der Waals surface area (Å²) >= 11 is 0. The van der Waals surface area contributed by atoms with Crippen LogP contribution in [0.25, 0.3) is 0 Å². The molecular weight excluding hydrogens is 236 g/mol. The highest BCUT2D eigenvalue weighted by Gasteiger charge is 2.24. The third-order valence-corrected chi connectivity index (χ3v) is 2.22. The van der Waals surface area contributed by atoms with E-state index in [0.717, 1.165) is 0 Å². The molecule has 1 aromatic rings. The van der Waals surface area contributed by atoms with Crippen LogP contribution in [-0.4, -0.2) is 35.4 Å². The number of carbonyl (C=O) groups excluding carboxylic acids is 2. The highest BCUT2D eigenvalue weighted by molar-refractivity contribution is 6.03.